The summed E-state index contributed by atoms with van der Waals surface area (Å²) in [4.78, 5) is 4.47. The summed E-state index contributed by atoms with van der Waals surface area (Å²) in [5.41, 5.74) is 8.26. The Morgan fingerprint density at radius 3 is 3.00 bits per heavy atom. The number of anilines is 1. The zero-order valence-electron chi connectivity index (χ0n) is 10.6. The fourth-order valence-electron chi connectivity index (χ4n) is 3.11. The summed E-state index contributed by atoms with van der Waals surface area (Å²) in [6, 6.07) is 6.67. The van der Waals surface area contributed by atoms with Crippen molar-refractivity contribution in [3.8, 4) is 0 Å². The van der Waals surface area contributed by atoms with Gasteiger partial charge in [0.25, 0.3) is 0 Å². The van der Waals surface area contributed by atoms with E-state index in [0.717, 1.165) is 21.4 Å². The number of halogens is 1. The van der Waals surface area contributed by atoms with Crippen molar-refractivity contribution < 1.29 is 0 Å². The fraction of sp³-hybridized carbons (Fsp3) is 0.500. The van der Waals surface area contributed by atoms with Gasteiger partial charge in [0.1, 0.15) is 0 Å². The number of hydrogen-bond acceptors (Lipinski definition) is 2. The highest BCUT2D eigenvalue weighted by atomic mass is 79.9. The lowest BCUT2D eigenvalue weighted by Gasteiger charge is -2.28. The molecule has 18 heavy (non-hydrogen) atoms. The maximum absolute atomic E-state index is 6.12. The van der Waals surface area contributed by atoms with Crippen molar-refractivity contribution >= 4 is 32.9 Å². The van der Waals surface area contributed by atoms with Crippen LogP contribution in [0.2, 0.25) is 0 Å². The number of fused-ring (bicyclic) bond motifs is 1. The van der Waals surface area contributed by atoms with Crippen LogP contribution in [0.15, 0.2) is 22.7 Å². The first-order valence-corrected chi connectivity index (χ1v) is 7.37. The summed E-state index contributed by atoms with van der Waals surface area (Å²) in [5.74, 6) is 1.44. The largest absolute Gasteiger partial charge is 0.369 e. The molecule has 1 aliphatic carbocycles. The first-order chi connectivity index (χ1) is 8.65. The zero-order chi connectivity index (χ0) is 12.7. The van der Waals surface area contributed by atoms with Gasteiger partial charge in [-0.3, -0.25) is 0 Å². The lowest BCUT2D eigenvalue weighted by Crippen LogP contribution is -2.19. The third kappa shape index (κ3) is 2.03. The highest BCUT2D eigenvalue weighted by Gasteiger charge is 2.23. The van der Waals surface area contributed by atoms with Crippen LogP contribution < -0.4 is 5.73 Å². The van der Waals surface area contributed by atoms with Crippen molar-refractivity contribution in [2.75, 3.05) is 5.73 Å². The summed E-state index contributed by atoms with van der Waals surface area (Å²) in [6.07, 6.45) is 5.06. The van der Waals surface area contributed by atoms with Crippen LogP contribution in [-0.2, 0) is 0 Å². The third-order valence-corrected chi connectivity index (χ3v) is 4.45. The highest BCUT2D eigenvalue weighted by Crippen LogP contribution is 2.36. The minimum Gasteiger partial charge on any atom is -0.369 e. The average molecular weight is 308 g/mol. The van der Waals surface area contributed by atoms with Crippen LogP contribution in [0.4, 0.5) is 5.95 Å². The molecular weight excluding hydrogens is 290 g/mol. The van der Waals surface area contributed by atoms with Gasteiger partial charge in [-0.1, -0.05) is 35.7 Å². The molecule has 4 heteroatoms. The predicted octanol–water partition coefficient (Wildman–Crippen LogP) is 4.13. The van der Waals surface area contributed by atoms with E-state index in [1.165, 1.54) is 25.7 Å². The van der Waals surface area contributed by atoms with Crippen molar-refractivity contribution in [1.82, 2.24) is 9.55 Å². The molecule has 0 bridgehead atoms. The van der Waals surface area contributed by atoms with Crippen LogP contribution in [-0.4, -0.2) is 9.55 Å². The lowest BCUT2D eigenvalue weighted by atomic mass is 9.87. The van der Waals surface area contributed by atoms with E-state index in [9.17, 15) is 0 Å². The second kappa shape index (κ2) is 4.57. The Hall–Kier alpha value is -1.03. The summed E-state index contributed by atoms with van der Waals surface area (Å²) < 4.78 is 3.32. The molecule has 2 N–H and O–H groups in total. The number of imidazole rings is 1. The molecule has 1 saturated carbocycles. The van der Waals surface area contributed by atoms with Crippen molar-refractivity contribution in [3.63, 3.8) is 0 Å². The van der Waals surface area contributed by atoms with Gasteiger partial charge in [0.05, 0.1) is 11.0 Å². The Morgan fingerprint density at radius 2 is 2.22 bits per heavy atom. The Morgan fingerprint density at radius 1 is 1.39 bits per heavy atom. The first kappa shape index (κ1) is 12.0. The minimum atomic E-state index is 0.507. The van der Waals surface area contributed by atoms with E-state index >= 15 is 0 Å². The molecule has 96 valence electrons. The molecule has 1 aromatic carbocycles. The number of hydrogen-bond donors (Lipinski definition) is 1. The molecule has 2 atom stereocenters. The average Bonchev–Trinajstić information content (AvgIpc) is 2.64. The molecule has 0 spiro atoms. The number of nitrogens with two attached hydrogens (primary N) is 1. The van der Waals surface area contributed by atoms with Crippen molar-refractivity contribution in [3.05, 3.63) is 22.7 Å². The summed E-state index contributed by atoms with van der Waals surface area (Å²) >= 11 is 3.53. The Labute approximate surface area is 116 Å². The molecule has 1 heterocycles. The van der Waals surface area contributed by atoms with E-state index in [2.05, 4.69) is 38.5 Å². The van der Waals surface area contributed by atoms with Gasteiger partial charge in [0.15, 0.2) is 0 Å². The number of rotatable bonds is 1. The Bertz CT molecular complexity index is 576. The van der Waals surface area contributed by atoms with Gasteiger partial charge in [-0.15, -0.1) is 0 Å². The standard InChI is InChI=1S/C14H18BrN3/c1-9-3-2-4-11(7-9)18-13-8-10(15)5-6-12(13)17-14(18)16/h5-6,8-9,11H,2-4,7H2,1H3,(H2,16,17). The maximum Gasteiger partial charge on any atom is 0.201 e. The van der Waals surface area contributed by atoms with Gasteiger partial charge in [-0.05, 0) is 37.0 Å². The molecule has 1 aliphatic rings. The van der Waals surface area contributed by atoms with Gasteiger partial charge in [-0.25, -0.2) is 4.98 Å². The van der Waals surface area contributed by atoms with E-state index in [4.69, 9.17) is 5.73 Å². The highest BCUT2D eigenvalue weighted by molar-refractivity contribution is 9.10. The smallest absolute Gasteiger partial charge is 0.201 e. The monoisotopic (exact) mass is 307 g/mol. The number of benzene rings is 1. The first-order valence-electron chi connectivity index (χ1n) is 6.58. The number of aromatic nitrogens is 2. The number of nitrogens with zero attached hydrogens (tertiary/aromatic N) is 2. The molecule has 0 aliphatic heterocycles. The molecule has 0 saturated heterocycles. The van der Waals surface area contributed by atoms with Gasteiger partial charge < -0.3 is 10.3 Å². The summed E-state index contributed by atoms with van der Waals surface area (Å²) in [7, 11) is 0. The van der Waals surface area contributed by atoms with E-state index in [0.29, 0.717) is 12.0 Å². The van der Waals surface area contributed by atoms with Crippen molar-refractivity contribution in [2.24, 2.45) is 5.92 Å². The molecule has 1 fully saturated rings. The molecule has 3 nitrogen and oxygen atoms in total. The minimum absolute atomic E-state index is 0.507. The number of nitrogen functional groups attached to an aromatic ring is 1. The second-order valence-electron chi connectivity index (χ2n) is 5.40. The van der Waals surface area contributed by atoms with E-state index in [1.807, 2.05) is 12.1 Å². The van der Waals surface area contributed by atoms with Gasteiger partial charge in [-0.2, -0.15) is 0 Å². The molecule has 3 rings (SSSR count). The molecule has 1 aromatic heterocycles. The van der Waals surface area contributed by atoms with Crippen LogP contribution in [0, 0.1) is 5.92 Å². The molecule has 2 aromatic rings. The lowest BCUT2D eigenvalue weighted by molar-refractivity contribution is 0.289. The topological polar surface area (TPSA) is 43.8 Å². The van der Waals surface area contributed by atoms with Gasteiger partial charge in [0, 0.05) is 10.5 Å². The Balaban J connectivity index is 2.09. The van der Waals surface area contributed by atoms with E-state index in [-0.39, 0.29) is 0 Å². The van der Waals surface area contributed by atoms with Crippen LogP contribution in [0.1, 0.15) is 38.6 Å². The van der Waals surface area contributed by atoms with Crippen LogP contribution in [0.3, 0.4) is 0 Å². The SMILES string of the molecule is CC1CCCC(n2c(N)nc3ccc(Br)cc32)C1. The fourth-order valence-corrected chi connectivity index (χ4v) is 3.45. The van der Waals surface area contributed by atoms with Crippen molar-refractivity contribution in [2.45, 2.75) is 38.6 Å². The van der Waals surface area contributed by atoms with Crippen LogP contribution in [0.25, 0.3) is 11.0 Å². The molecule has 0 radical (unpaired) electrons. The normalized spacial score (nSPS) is 24.6. The van der Waals surface area contributed by atoms with E-state index in [1.54, 1.807) is 0 Å². The Kier molecular flexibility index (Phi) is 3.06. The molecule has 2 unspecified atom stereocenters. The maximum atomic E-state index is 6.12. The van der Waals surface area contributed by atoms with Gasteiger partial charge in [0.2, 0.25) is 5.95 Å². The second-order valence-corrected chi connectivity index (χ2v) is 6.31. The van der Waals surface area contributed by atoms with Crippen LogP contribution >= 0.6 is 15.9 Å². The quantitative estimate of drug-likeness (QED) is 0.860. The summed E-state index contributed by atoms with van der Waals surface area (Å²) in [6.45, 7) is 2.33. The summed E-state index contributed by atoms with van der Waals surface area (Å²) in [5, 5.41) is 0. The zero-order valence-corrected chi connectivity index (χ0v) is 12.2. The van der Waals surface area contributed by atoms with Crippen molar-refractivity contribution in [1.29, 1.82) is 0 Å². The predicted molar refractivity (Wildman–Crippen MR) is 78.5 cm³/mol. The third-order valence-electron chi connectivity index (χ3n) is 3.95. The molecule has 0 amide bonds. The van der Waals surface area contributed by atoms with Gasteiger partial charge >= 0.3 is 0 Å². The molecular formula is C14H18BrN3. The van der Waals surface area contributed by atoms with E-state index < -0.39 is 0 Å². The van der Waals surface area contributed by atoms with Crippen LogP contribution in [0.5, 0.6) is 0 Å².